The van der Waals surface area contributed by atoms with E-state index in [0.29, 0.717) is 0 Å². The number of hydrogen-bond donors (Lipinski definition) is 1. The maximum Gasteiger partial charge on any atom is 0.407 e. The molecule has 1 N–H and O–H groups in total. The summed E-state index contributed by atoms with van der Waals surface area (Å²) < 4.78 is 4.84. The van der Waals surface area contributed by atoms with Crippen molar-refractivity contribution in [3.05, 3.63) is 0 Å². The third-order valence-electron chi connectivity index (χ3n) is 0.603. The van der Waals surface area contributed by atoms with Crippen LogP contribution in [0.25, 0.3) is 0 Å². The Bertz CT molecular complexity index is 133. The van der Waals surface area contributed by atoms with Gasteiger partial charge in [-0.05, 0) is 20.8 Å². The monoisotopic (exact) mass is 157 g/mol. The molecule has 0 fully saturated rings. The van der Waals surface area contributed by atoms with Crippen LogP contribution in [0.1, 0.15) is 20.8 Å². The molecule has 3 nitrogen and oxygen atoms in total. The zero-order valence-electron chi connectivity index (χ0n) is 7.47. The number of amides is 1. The van der Waals surface area contributed by atoms with E-state index in [-0.39, 0.29) is 11.7 Å². The summed E-state index contributed by atoms with van der Waals surface area (Å²) in [4.78, 5) is 10.5. The Labute approximate surface area is 68.1 Å². The van der Waals surface area contributed by atoms with Crippen LogP contribution in [0.5, 0.6) is 0 Å². The molecule has 0 aromatic heterocycles. The molecule has 64 valence electrons. The Morgan fingerprint density at radius 2 is 1.73 bits per heavy atom. The molecule has 0 aliphatic carbocycles. The highest BCUT2D eigenvalue weighted by molar-refractivity contribution is 5.67. The fourth-order valence-corrected chi connectivity index (χ4v) is 0.329. The second-order valence-electron chi connectivity index (χ2n) is 2.75. The quantitative estimate of drug-likeness (QED) is 0.539. The molecule has 0 spiro atoms. The molecule has 0 bridgehead atoms. The Hall–Kier alpha value is -1.17. The maximum absolute atomic E-state index is 10.5. The fourth-order valence-electron chi connectivity index (χ4n) is 0.329. The first kappa shape index (κ1) is 12.5. The van der Waals surface area contributed by atoms with E-state index < -0.39 is 0 Å². The van der Waals surface area contributed by atoms with Crippen LogP contribution in [0, 0.1) is 12.8 Å². The van der Waals surface area contributed by atoms with Crippen molar-refractivity contribution < 1.29 is 9.53 Å². The van der Waals surface area contributed by atoms with Crippen molar-refractivity contribution in [3.8, 4) is 12.8 Å². The summed E-state index contributed by atoms with van der Waals surface area (Å²) in [7, 11) is 1.54. The van der Waals surface area contributed by atoms with E-state index in [2.05, 4.69) is 18.2 Å². The molecule has 1 amide bonds. The third-order valence-corrected chi connectivity index (χ3v) is 0.603. The fraction of sp³-hybridized carbons (Fsp3) is 0.625. The van der Waals surface area contributed by atoms with Gasteiger partial charge in [-0.2, -0.15) is 0 Å². The van der Waals surface area contributed by atoms with E-state index in [4.69, 9.17) is 4.74 Å². The molecular weight excluding hydrogens is 142 g/mol. The number of hydrogen-bond acceptors (Lipinski definition) is 2. The van der Waals surface area contributed by atoms with Crippen LogP contribution in [-0.2, 0) is 4.74 Å². The lowest BCUT2D eigenvalue weighted by atomic mass is 10.2. The summed E-state index contributed by atoms with van der Waals surface area (Å²) >= 11 is 0. The number of carbonyl (C=O) groups is 1. The Morgan fingerprint density at radius 1 is 1.36 bits per heavy atom. The Balaban J connectivity index is 0. The Morgan fingerprint density at radius 3 is 1.82 bits per heavy atom. The predicted octanol–water partition coefficient (Wildman–Crippen LogP) is 1.39. The molecule has 0 saturated heterocycles. The summed E-state index contributed by atoms with van der Waals surface area (Å²) in [5.41, 5.74) is -0.389. The van der Waals surface area contributed by atoms with Crippen molar-refractivity contribution in [2.24, 2.45) is 0 Å². The van der Waals surface area contributed by atoms with Gasteiger partial charge in [0.05, 0.1) is 0 Å². The van der Waals surface area contributed by atoms with Crippen LogP contribution in [0.4, 0.5) is 4.79 Å². The number of alkyl carbamates (subject to hydrolysis) is 1. The van der Waals surface area contributed by atoms with Gasteiger partial charge in [0.1, 0.15) is 5.60 Å². The summed E-state index contributed by atoms with van der Waals surface area (Å²) in [5, 5.41) is 2.36. The van der Waals surface area contributed by atoms with Crippen LogP contribution < -0.4 is 5.32 Å². The molecule has 0 rings (SSSR count). The standard InChI is InChI=1S/C6H13NO2.C2H2/c1-6(2,3)9-5(8)7-4;1-2/h1-4H3,(H,7,8);1-2H. The Kier molecular flexibility index (Phi) is 6.37. The number of rotatable bonds is 0. The first-order chi connectivity index (χ1) is 4.95. The topological polar surface area (TPSA) is 38.3 Å². The van der Waals surface area contributed by atoms with Gasteiger partial charge in [-0.15, -0.1) is 12.8 Å². The van der Waals surface area contributed by atoms with E-state index in [1.54, 1.807) is 0 Å². The van der Waals surface area contributed by atoms with Gasteiger partial charge in [0, 0.05) is 7.05 Å². The molecule has 0 aromatic rings. The zero-order valence-corrected chi connectivity index (χ0v) is 7.47. The predicted molar refractivity (Wildman–Crippen MR) is 45.2 cm³/mol. The van der Waals surface area contributed by atoms with Crippen LogP contribution in [-0.4, -0.2) is 18.7 Å². The number of nitrogens with one attached hydrogen (secondary N) is 1. The van der Waals surface area contributed by atoms with Crippen molar-refractivity contribution >= 4 is 6.09 Å². The first-order valence-corrected chi connectivity index (χ1v) is 3.20. The van der Waals surface area contributed by atoms with Gasteiger partial charge in [-0.3, -0.25) is 0 Å². The van der Waals surface area contributed by atoms with Crippen molar-refractivity contribution in [2.75, 3.05) is 7.05 Å². The minimum atomic E-state index is -0.389. The van der Waals surface area contributed by atoms with Gasteiger partial charge in [0.15, 0.2) is 0 Å². The van der Waals surface area contributed by atoms with E-state index in [9.17, 15) is 4.79 Å². The lowest BCUT2D eigenvalue weighted by molar-refractivity contribution is 0.0541. The molecule has 11 heavy (non-hydrogen) atoms. The zero-order chi connectivity index (χ0) is 9.49. The van der Waals surface area contributed by atoms with Crippen LogP contribution in [0.3, 0.4) is 0 Å². The number of ether oxygens (including phenoxy) is 1. The second kappa shape index (κ2) is 5.60. The van der Waals surface area contributed by atoms with Crippen molar-refractivity contribution in [1.82, 2.24) is 5.32 Å². The lowest BCUT2D eigenvalue weighted by Crippen LogP contribution is -2.30. The minimum absolute atomic E-state index is 0.387. The average molecular weight is 157 g/mol. The van der Waals surface area contributed by atoms with Crippen LogP contribution in [0.15, 0.2) is 0 Å². The molecular formula is C8H15NO2. The van der Waals surface area contributed by atoms with Crippen LogP contribution >= 0.6 is 0 Å². The normalized spacial score (nSPS) is 8.91. The highest BCUT2D eigenvalue weighted by Crippen LogP contribution is 2.05. The number of carbonyl (C=O) groups excluding carboxylic acids is 1. The first-order valence-electron chi connectivity index (χ1n) is 3.20. The molecule has 0 unspecified atom stereocenters. The molecule has 0 radical (unpaired) electrons. The highest BCUT2D eigenvalue weighted by Gasteiger charge is 2.13. The van der Waals surface area contributed by atoms with Crippen molar-refractivity contribution in [3.63, 3.8) is 0 Å². The highest BCUT2D eigenvalue weighted by atomic mass is 16.6. The van der Waals surface area contributed by atoms with Crippen LogP contribution in [0.2, 0.25) is 0 Å². The molecule has 0 aliphatic heterocycles. The van der Waals surface area contributed by atoms with Gasteiger partial charge >= 0.3 is 6.09 Å². The van der Waals surface area contributed by atoms with E-state index in [1.807, 2.05) is 20.8 Å². The van der Waals surface area contributed by atoms with Gasteiger partial charge in [-0.1, -0.05) is 0 Å². The lowest BCUT2D eigenvalue weighted by Gasteiger charge is -2.18. The van der Waals surface area contributed by atoms with Gasteiger partial charge in [-0.25, -0.2) is 4.79 Å². The van der Waals surface area contributed by atoms with E-state index in [1.165, 1.54) is 7.05 Å². The van der Waals surface area contributed by atoms with E-state index >= 15 is 0 Å². The maximum atomic E-state index is 10.5. The average Bonchev–Trinajstić information content (AvgIpc) is 1.89. The van der Waals surface area contributed by atoms with Gasteiger partial charge in [0.2, 0.25) is 0 Å². The summed E-state index contributed by atoms with van der Waals surface area (Å²) in [6, 6.07) is 0. The molecule has 0 heterocycles. The molecule has 0 aliphatic rings. The van der Waals surface area contributed by atoms with Gasteiger partial charge in [0.25, 0.3) is 0 Å². The smallest absolute Gasteiger partial charge is 0.407 e. The summed E-state index contributed by atoms with van der Waals surface area (Å²) in [5.74, 6) is 0. The number of terminal acetylenes is 1. The molecule has 0 atom stereocenters. The third kappa shape index (κ3) is 12.1. The van der Waals surface area contributed by atoms with Gasteiger partial charge < -0.3 is 10.1 Å². The largest absolute Gasteiger partial charge is 0.444 e. The summed E-state index contributed by atoms with van der Waals surface area (Å²) in [6.07, 6.45) is 7.61. The molecule has 3 heteroatoms. The van der Waals surface area contributed by atoms with Crippen molar-refractivity contribution in [1.29, 1.82) is 0 Å². The minimum Gasteiger partial charge on any atom is -0.444 e. The molecule has 0 saturated carbocycles. The van der Waals surface area contributed by atoms with Crippen molar-refractivity contribution in [2.45, 2.75) is 26.4 Å². The molecule has 0 aromatic carbocycles. The summed E-state index contributed by atoms with van der Waals surface area (Å²) in [6.45, 7) is 5.46. The SMILES string of the molecule is C#C.CNC(=O)OC(C)(C)C. The second-order valence-corrected chi connectivity index (χ2v) is 2.75. The van der Waals surface area contributed by atoms with E-state index in [0.717, 1.165) is 0 Å².